The van der Waals surface area contributed by atoms with Crippen LogP contribution >= 0.6 is 0 Å². The van der Waals surface area contributed by atoms with E-state index in [4.69, 9.17) is 0 Å². The first-order chi connectivity index (χ1) is 13.2. The summed E-state index contributed by atoms with van der Waals surface area (Å²) in [6, 6.07) is 31.1. The van der Waals surface area contributed by atoms with Crippen molar-refractivity contribution in [1.29, 1.82) is 0 Å². The molecule has 0 aliphatic carbocycles. The minimum Gasteiger partial charge on any atom is -0.351 e. The molecule has 0 saturated carbocycles. The van der Waals surface area contributed by atoms with E-state index in [1.165, 1.54) is 16.7 Å². The number of hydrogen-bond donors (Lipinski definition) is 2. The first-order valence-electron chi connectivity index (χ1n) is 9.49. The summed E-state index contributed by atoms with van der Waals surface area (Å²) in [7, 11) is 0. The van der Waals surface area contributed by atoms with Crippen molar-refractivity contribution in [2.24, 2.45) is 0 Å². The van der Waals surface area contributed by atoms with Crippen LogP contribution in [-0.2, 0) is 4.79 Å². The molecule has 0 spiro atoms. The van der Waals surface area contributed by atoms with Gasteiger partial charge in [-0.05, 0) is 11.5 Å². The summed E-state index contributed by atoms with van der Waals surface area (Å²) in [5, 5.41) is 5.17. The van der Waals surface area contributed by atoms with E-state index in [2.05, 4.69) is 54.0 Å². The highest BCUT2D eigenvalue weighted by molar-refractivity contribution is 5.76. The van der Waals surface area contributed by atoms with Gasteiger partial charge < -0.3 is 10.6 Å². The summed E-state index contributed by atoms with van der Waals surface area (Å²) >= 11 is 0. The van der Waals surface area contributed by atoms with Gasteiger partial charge in [-0.25, -0.2) is 0 Å². The van der Waals surface area contributed by atoms with E-state index in [-0.39, 0.29) is 11.9 Å². The predicted molar refractivity (Wildman–Crippen MR) is 109 cm³/mol. The zero-order valence-corrected chi connectivity index (χ0v) is 15.7. The van der Waals surface area contributed by atoms with E-state index in [1.807, 2.05) is 54.6 Å². The molecule has 3 N–H and O–H groups in total. The number of benzene rings is 3. The average Bonchev–Trinajstić information content (AvgIpc) is 2.74. The van der Waals surface area contributed by atoms with Gasteiger partial charge in [0.15, 0.2) is 6.54 Å². The van der Waals surface area contributed by atoms with Gasteiger partial charge >= 0.3 is 0 Å². The molecule has 1 amide bonds. The van der Waals surface area contributed by atoms with E-state index < -0.39 is 0 Å². The van der Waals surface area contributed by atoms with Crippen LogP contribution in [0.5, 0.6) is 0 Å². The Morgan fingerprint density at radius 1 is 0.778 bits per heavy atom. The van der Waals surface area contributed by atoms with Crippen LogP contribution in [0.15, 0.2) is 91.0 Å². The molecule has 138 valence electrons. The molecule has 0 unspecified atom stereocenters. The predicted octanol–water partition coefficient (Wildman–Crippen LogP) is 3.26. The van der Waals surface area contributed by atoms with Crippen molar-refractivity contribution in [3.05, 3.63) is 108 Å². The normalized spacial score (nSPS) is 11.9. The molecule has 0 aromatic heterocycles. The molecule has 0 aliphatic heterocycles. The van der Waals surface area contributed by atoms with Gasteiger partial charge in [0, 0.05) is 17.7 Å². The highest BCUT2D eigenvalue weighted by Gasteiger charge is 2.18. The molecule has 27 heavy (non-hydrogen) atoms. The molecule has 3 nitrogen and oxygen atoms in total. The van der Waals surface area contributed by atoms with E-state index >= 15 is 0 Å². The van der Waals surface area contributed by atoms with E-state index in [0.717, 1.165) is 0 Å². The van der Waals surface area contributed by atoms with Crippen molar-refractivity contribution in [3.63, 3.8) is 0 Å². The number of hydrogen-bond acceptors (Lipinski definition) is 1. The Bertz CT molecular complexity index is 779. The standard InChI is InChI=1S/C24H26N2O/c1-19(20-11-5-2-6-12-20)17-25-23(27)18-26-24(21-13-7-3-8-14-21)22-15-9-4-10-16-22/h2-16,19,24,26H,17-18H2,1H3,(H,25,27)/p+1/t19-/m0/s1. The Hall–Kier alpha value is -2.91. The van der Waals surface area contributed by atoms with Crippen LogP contribution in [-0.4, -0.2) is 19.0 Å². The van der Waals surface area contributed by atoms with E-state index in [0.29, 0.717) is 19.0 Å². The van der Waals surface area contributed by atoms with Gasteiger partial charge in [-0.3, -0.25) is 4.79 Å². The molecule has 3 rings (SSSR count). The Kier molecular flexibility index (Phi) is 6.78. The average molecular weight is 359 g/mol. The highest BCUT2D eigenvalue weighted by atomic mass is 16.1. The number of nitrogens with one attached hydrogen (secondary N) is 1. The second-order valence-corrected chi connectivity index (χ2v) is 6.85. The Balaban J connectivity index is 1.58. The van der Waals surface area contributed by atoms with E-state index in [1.54, 1.807) is 0 Å². The van der Waals surface area contributed by atoms with Gasteiger partial charge in [-0.1, -0.05) is 97.9 Å². The van der Waals surface area contributed by atoms with Crippen LogP contribution in [0.25, 0.3) is 0 Å². The molecule has 3 aromatic rings. The van der Waals surface area contributed by atoms with Crippen LogP contribution < -0.4 is 10.6 Å². The van der Waals surface area contributed by atoms with Crippen molar-refractivity contribution in [3.8, 4) is 0 Å². The fraction of sp³-hybridized carbons (Fsp3) is 0.208. The molecule has 3 heteroatoms. The molecule has 0 fully saturated rings. The Morgan fingerprint density at radius 3 is 1.70 bits per heavy atom. The smallest absolute Gasteiger partial charge is 0.275 e. The second kappa shape index (κ2) is 9.70. The molecular weight excluding hydrogens is 332 g/mol. The van der Waals surface area contributed by atoms with Crippen molar-refractivity contribution in [1.82, 2.24) is 5.32 Å². The summed E-state index contributed by atoms with van der Waals surface area (Å²) in [5.74, 6) is 0.365. The topological polar surface area (TPSA) is 45.7 Å². The number of quaternary nitrogens is 1. The second-order valence-electron chi connectivity index (χ2n) is 6.85. The minimum atomic E-state index is 0.0645. The van der Waals surface area contributed by atoms with E-state index in [9.17, 15) is 4.79 Å². The molecule has 0 radical (unpaired) electrons. The third kappa shape index (κ3) is 5.53. The maximum absolute atomic E-state index is 12.4. The number of carbonyl (C=O) groups excluding carboxylic acids is 1. The molecule has 1 atom stereocenters. The first kappa shape index (κ1) is 18.9. The molecule has 0 heterocycles. The van der Waals surface area contributed by atoms with Gasteiger partial charge in [0.05, 0.1) is 0 Å². The maximum Gasteiger partial charge on any atom is 0.275 e. The lowest BCUT2D eigenvalue weighted by Crippen LogP contribution is -2.87. The van der Waals surface area contributed by atoms with Crippen molar-refractivity contribution >= 4 is 5.91 Å². The monoisotopic (exact) mass is 359 g/mol. The highest BCUT2D eigenvalue weighted by Crippen LogP contribution is 2.17. The lowest BCUT2D eigenvalue weighted by Gasteiger charge is -2.17. The van der Waals surface area contributed by atoms with Crippen molar-refractivity contribution in [2.45, 2.75) is 18.9 Å². The van der Waals surface area contributed by atoms with Gasteiger partial charge in [-0.15, -0.1) is 0 Å². The van der Waals surface area contributed by atoms with Crippen LogP contribution in [0.4, 0.5) is 0 Å². The zero-order chi connectivity index (χ0) is 18.9. The zero-order valence-electron chi connectivity index (χ0n) is 15.7. The first-order valence-corrected chi connectivity index (χ1v) is 9.49. The van der Waals surface area contributed by atoms with Crippen molar-refractivity contribution < 1.29 is 10.1 Å². The van der Waals surface area contributed by atoms with Crippen LogP contribution in [0.1, 0.15) is 35.6 Å². The van der Waals surface area contributed by atoms with Gasteiger partial charge in [-0.2, -0.15) is 0 Å². The number of nitrogens with two attached hydrogens (primary N) is 1. The quantitative estimate of drug-likeness (QED) is 0.637. The summed E-state index contributed by atoms with van der Waals surface area (Å²) in [4.78, 5) is 12.4. The molecule has 0 aliphatic rings. The summed E-state index contributed by atoms with van der Waals surface area (Å²) in [5.41, 5.74) is 3.65. The Morgan fingerprint density at radius 2 is 1.22 bits per heavy atom. The minimum absolute atomic E-state index is 0.0645. The van der Waals surface area contributed by atoms with Gasteiger partial charge in [0.25, 0.3) is 5.91 Å². The number of rotatable bonds is 8. The summed E-state index contributed by atoms with van der Waals surface area (Å²) in [6.07, 6.45) is 0. The fourth-order valence-electron chi connectivity index (χ4n) is 3.25. The maximum atomic E-state index is 12.4. The Labute approximate surface area is 161 Å². The third-order valence-electron chi connectivity index (χ3n) is 4.83. The van der Waals surface area contributed by atoms with Gasteiger partial charge in [0.1, 0.15) is 6.04 Å². The molecule has 0 bridgehead atoms. The van der Waals surface area contributed by atoms with Gasteiger partial charge in [0.2, 0.25) is 0 Å². The lowest BCUT2D eigenvalue weighted by molar-refractivity contribution is -0.676. The lowest BCUT2D eigenvalue weighted by atomic mass is 9.99. The SMILES string of the molecule is C[C@@H](CNC(=O)C[NH2+]C(c1ccccc1)c1ccccc1)c1ccccc1. The fourth-order valence-corrected chi connectivity index (χ4v) is 3.25. The largest absolute Gasteiger partial charge is 0.351 e. The summed E-state index contributed by atoms with van der Waals surface area (Å²) in [6.45, 7) is 3.18. The third-order valence-corrected chi connectivity index (χ3v) is 4.83. The summed E-state index contributed by atoms with van der Waals surface area (Å²) < 4.78 is 0. The van der Waals surface area contributed by atoms with Crippen LogP contribution in [0.3, 0.4) is 0 Å². The van der Waals surface area contributed by atoms with Crippen LogP contribution in [0, 0.1) is 0 Å². The number of carbonyl (C=O) groups is 1. The van der Waals surface area contributed by atoms with Crippen LogP contribution in [0.2, 0.25) is 0 Å². The molecule has 0 saturated heterocycles. The number of amides is 1. The molecular formula is C24H27N2O+. The molecule has 3 aromatic carbocycles. The van der Waals surface area contributed by atoms with Crippen molar-refractivity contribution in [2.75, 3.05) is 13.1 Å².